The van der Waals surface area contributed by atoms with E-state index in [9.17, 15) is 4.79 Å². The van der Waals surface area contributed by atoms with E-state index >= 15 is 0 Å². The monoisotopic (exact) mass is 308 g/mol. The Labute approximate surface area is 113 Å². The number of nitrogens with one attached hydrogen (secondary N) is 2. The quantitative estimate of drug-likeness (QED) is 0.836. The number of benzene rings is 1. The van der Waals surface area contributed by atoms with Crippen molar-refractivity contribution >= 4 is 32.7 Å². The van der Waals surface area contributed by atoms with Crippen LogP contribution in [0.3, 0.4) is 0 Å². The highest BCUT2D eigenvalue weighted by Gasteiger charge is 2.22. The normalized spacial score (nSPS) is 16.2. The maximum Gasteiger partial charge on any atom is 0.275 e. The largest absolute Gasteiger partial charge is 0.335 e. The molecule has 94 valence electrons. The molecule has 5 nitrogen and oxygen atoms in total. The third kappa shape index (κ3) is 2.02. The van der Waals surface area contributed by atoms with E-state index in [1.54, 1.807) is 0 Å². The van der Waals surface area contributed by atoms with Gasteiger partial charge in [0.1, 0.15) is 0 Å². The summed E-state index contributed by atoms with van der Waals surface area (Å²) in [4.78, 5) is 14.2. The summed E-state index contributed by atoms with van der Waals surface area (Å²) >= 11 is 3.42. The van der Waals surface area contributed by atoms with Crippen molar-refractivity contribution in [2.45, 2.75) is 0 Å². The van der Waals surface area contributed by atoms with Crippen molar-refractivity contribution in [1.29, 1.82) is 0 Å². The molecule has 2 aromatic rings. The number of aromatic amines is 1. The number of nitrogens with zero attached hydrogens (tertiary/aromatic N) is 2. The molecule has 0 aliphatic carbocycles. The highest BCUT2D eigenvalue weighted by atomic mass is 79.9. The van der Waals surface area contributed by atoms with Gasteiger partial charge in [0.25, 0.3) is 5.91 Å². The second-order valence-corrected chi connectivity index (χ2v) is 5.22. The minimum Gasteiger partial charge on any atom is -0.335 e. The van der Waals surface area contributed by atoms with Crippen LogP contribution < -0.4 is 5.32 Å². The van der Waals surface area contributed by atoms with Crippen molar-refractivity contribution in [1.82, 2.24) is 20.4 Å². The first-order valence-corrected chi connectivity index (χ1v) is 6.68. The van der Waals surface area contributed by atoms with Crippen LogP contribution in [0.25, 0.3) is 10.9 Å². The maximum atomic E-state index is 12.4. The Morgan fingerprint density at radius 3 is 2.89 bits per heavy atom. The number of carbonyl (C=O) groups excluding carboxylic acids is 1. The first kappa shape index (κ1) is 11.7. The lowest BCUT2D eigenvalue weighted by Gasteiger charge is -2.26. The average Bonchev–Trinajstić information content (AvgIpc) is 2.82. The molecule has 2 N–H and O–H groups in total. The fourth-order valence-electron chi connectivity index (χ4n) is 2.17. The molecule has 1 amide bonds. The third-order valence-corrected chi connectivity index (χ3v) is 3.62. The molecule has 18 heavy (non-hydrogen) atoms. The van der Waals surface area contributed by atoms with E-state index < -0.39 is 0 Å². The summed E-state index contributed by atoms with van der Waals surface area (Å²) in [7, 11) is 0. The van der Waals surface area contributed by atoms with E-state index in [4.69, 9.17) is 0 Å². The van der Waals surface area contributed by atoms with Gasteiger partial charge in [0.15, 0.2) is 5.69 Å². The first-order valence-electron chi connectivity index (χ1n) is 5.89. The zero-order chi connectivity index (χ0) is 12.5. The van der Waals surface area contributed by atoms with E-state index in [1.807, 2.05) is 23.1 Å². The smallest absolute Gasteiger partial charge is 0.275 e. The van der Waals surface area contributed by atoms with Gasteiger partial charge in [-0.3, -0.25) is 9.89 Å². The molecule has 1 fully saturated rings. The highest BCUT2D eigenvalue weighted by Crippen LogP contribution is 2.22. The van der Waals surface area contributed by atoms with E-state index in [0.717, 1.165) is 41.6 Å². The van der Waals surface area contributed by atoms with Crippen molar-refractivity contribution in [2.24, 2.45) is 0 Å². The van der Waals surface area contributed by atoms with Gasteiger partial charge in [-0.1, -0.05) is 15.9 Å². The molecule has 0 unspecified atom stereocenters. The number of aromatic nitrogens is 2. The van der Waals surface area contributed by atoms with Gasteiger partial charge in [-0.15, -0.1) is 0 Å². The molecule has 1 aromatic carbocycles. The molecule has 0 atom stereocenters. The van der Waals surface area contributed by atoms with Crippen LogP contribution in [-0.2, 0) is 0 Å². The lowest BCUT2D eigenvalue weighted by atomic mass is 10.2. The van der Waals surface area contributed by atoms with Crippen molar-refractivity contribution in [3.63, 3.8) is 0 Å². The Balaban J connectivity index is 1.98. The Bertz CT molecular complexity index is 589. The molecule has 1 aromatic heterocycles. The van der Waals surface area contributed by atoms with E-state index in [-0.39, 0.29) is 5.91 Å². The van der Waals surface area contributed by atoms with Crippen molar-refractivity contribution in [2.75, 3.05) is 26.2 Å². The van der Waals surface area contributed by atoms with E-state index in [2.05, 4.69) is 31.4 Å². The minimum atomic E-state index is 0.000787. The van der Waals surface area contributed by atoms with Gasteiger partial charge in [0.2, 0.25) is 0 Å². The van der Waals surface area contributed by atoms with Crippen LogP contribution in [-0.4, -0.2) is 47.2 Å². The summed E-state index contributed by atoms with van der Waals surface area (Å²) in [5.41, 5.74) is 1.39. The molecular weight excluding hydrogens is 296 g/mol. The predicted molar refractivity (Wildman–Crippen MR) is 72.6 cm³/mol. The number of carbonyl (C=O) groups is 1. The summed E-state index contributed by atoms with van der Waals surface area (Å²) in [6, 6.07) is 5.77. The van der Waals surface area contributed by atoms with Crippen LogP contribution in [0, 0.1) is 0 Å². The number of amides is 1. The van der Waals surface area contributed by atoms with Gasteiger partial charge >= 0.3 is 0 Å². The number of hydrogen-bond acceptors (Lipinski definition) is 3. The third-order valence-electron chi connectivity index (χ3n) is 3.13. The zero-order valence-corrected chi connectivity index (χ0v) is 11.3. The lowest BCUT2D eigenvalue weighted by molar-refractivity contribution is 0.0732. The van der Waals surface area contributed by atoms with Gasteiger partial charge in [-0.25, -0.2) is 0 Å². The molecular formula is C12H13BrN4O. The molecule has 0 radical (unpaired) electrons. The average molecular weight is 309 g/mol. The van der Waals surface area contributed by atoms with Gasteiger partial charge in [-0.2, -0.15) is 5.10 Å². The van der Waals surface area contributed by atoms with Crippen molar-refractivity contribution in [3.05, 3.63) is 28.4 Å². The SMILES string of the molecule is O=C(c1n[nH]c2ccc(Br)cc12)N1CCNCC1. The van der Waals surface area contributed by atoms with Crippen LogP contribution in [0.5, 0.6) is 0 Å². The van der Waals surface area contributed by atoms with Crippen LogP contribution in [0.4, 0.5) is 0 Å². The number of fused-ring (bicyclic) bond motifs is 1. The fraction of sp³-hybridized carbons (Fsp3) is 0.333. The summed E-state index contributed by atoms with van der Waals surface area (Å²) in [6.07, 6.45) is 0. The van der Waals surface area contributed by atoms with Crippen LogP contribution in [0.1, 0.15) is 10.5 Å². The standard InChI is InChI=1S/C12H13BrN4O/c13-8-1-2-10-9(7-8)11(16-15-10)12(18)17-5-3-14-4-6-17/h1-2,7,14H,3-6H2,(H,15,16). The van der Waals surface area contributed by atoms with Crippen molar-refractivity contribution < 1.29 is 4.79 Å². The van der Waals surface area contributed by atoms with E-state index in [0.29, 0.717) is 5.69 Å². The van der Waals surface area contributed by atoms with Crippen LogP contribution in [0.2, 0.25) is 0 Å². The second-order valence-electron chi connectivity index (χ2n) is 4.30. The zero-order valence-electron chi connectivity index (χ0n) is 9.74. The molecule has 2 heterocycles. The summed E-state index contributed by atoms with van der Waals surface area (Å²) in [5, 5.41) is 11.2. The number of piperazine rings is 1. The Morgan fingerprint density at radius 2 is 2.11 bits per heavy atom. The summed E-state index contributed by atoms with van der Waals surface area (Å²) in [5.74, 6) is 0.000787. The summed E-state index contributed by atoms with van der Waals surface area (Å²) < 4.78 is 0.950. The number of halogens is 1. The van der Waals surface area contributed by atoms with Gasteiger partial charge in [0.05, 0.1) is 5.52 Å². The number of hydrogen-bond donors (Lipinski definition) is 2. The number of rotatable bonds is 1. The molecule has 0 spiro atoms. The molecule has 1 saturated heterocycles. The lowest BCUT2D eigenvalue weighted by Crippen LogP contribution is -2.46. The molecule has 6 heteroatoms. The van der Waals surface area contributed by atoms with Crippen LogP contribution >= 0.6 is 15.9 Å². The van der Waals surface area contributed by atoms with Gasteiger partial charge in [-0.05, 0) is 18.2 Å². The Morgan fingerprint density at radius 1 is 1.33 bits per heavy atom. The topological polar surface area (TPSA) is 61.0 Å². The number of H-pyrrole nitrogens is 1. The highest BCUT2D eigenvalue weighted by molar-refractivity contribution is 9.10. The first-order chi connectivity index (χ1) is 8.75. The van der Waals surface area contributed by atoms with E-state index in [1.165, 1.54) is 0 Å². The van der Waals surface area contributed by atoms with Crippen LogP contribution in [0.15, 0.2) is 22.7 Å². The Hall–Kier alpha value is -1.40. The van der Waals surface area contributed by atoms with Crippen molar-refractivity contribution in [3.8, 4) is 0 Å². The Kier molecular flexibility index (Phi) is 3.05. The molecule has 1 aliphatic rings. The maximum absolute atomic E-state index is 12.4. The summed E-state index contributed by atoms with van der Waals surface area (Å²) in [6.45, 7) is 3.16. The van der Waals surface area contributed by atoms with Gasteiger partial charge in [0, 0.05) is 36.0 Å². The molecule has 0 bridgehead atoms. The second kappa shape index (κ2) is 4.70. The molecule has 0 saturated carbocycles. The fourth-order valence-corrected chi connectivity index (χ4v) is 2.53. The predicted octanol–water partition coefficient (Wildman–Crippen LogP) is 1.37. The molecule has 3 rings (SSSR count). The van der Waals surface area contributed by atoms with Gasteiger partial charge < -0.3 is 10.2 Å². The minimum absolute atomic E-state index is 0.000787. The molecule has 1 aliphatic heterocycles.